The summed E-state index contributed by atoms with van der Waals surface area (Å²) in [5.74, 6) is 3.03. The van der Waals surface area contributed by atoms with Crippen molar-refractivity contribution in [3.05, 3.63) is 62.7 Å². The Morgan fingerprint density at radius 3 is 1.03 bits per heavy atom. The zero-order valence-corrected chi connectivity index (χ0v) is 83.2. The van der Waals surface area contributed by atoms with E-state index in [-0.39, 0.29) is 82.8 Å². The molecule has 7 aliphatic heterocycles. The van der Waals surface area contributed by atoms with E-state index in [1.807, 2.05) is 219 Å². The van der Waals surface area contributed by atoms with Crippen LogP contribution in [0.1, 0.15) is 372 Å². The lowest BCUT2D eigenvalue weighted by atomic mass is 9.86. The average Bonchev–Trinajstić information content (AvgIpc) is 1.62. The molecule has 0 spiro atoms. The van der Waals surface area contributed by atoms with Crippen LogP contribution >= 0.6 is 0 Å². The number of likely N-dealkylation sites (tertiary alicyclic amines) is 4. The Kier molecular flexibility index (Phi) is 63.1. The topological polar surface area (TPSA) is 218 Å². The van der Waals surface area contributed by atoms with E-state index in [0.717, 1.165) is 77.2 Å². The van der Waals surface area contributed by atoms with Gasteiger partial charge in [0.1, 0.15) is 11.6 Å². The van der Waals surface area contributed by atoms with Crippen LogP contribution in [0.3, 0.4) is 0 Å². The highest BCUT2D eigenvalue weighted by Gasteiger charge is 2.49. The predicted molar refractivity (Wildman–Crippen MR) is 492 cm³/mol. The van der Waals surface area contributed by atoms with Gasteiger partial charge in [0.15, 0.2) is 0 Å². The van der Waals surface area contributed by atoms with E-state index < -0.39 is 5.92 Å². The second-order valence-corrected chi connectivity index (χ2v) is 34.1. The molecule has 0 saturated carbocycles. The number of carbonyl (C=O) groups is 7. The summed E-state index contributed by atoms with van der Waals surface area (Å²) in [7, 11) is 0. The molecule has 5 atom stereocenters. The summed E-state index contributed by atoms with van der Waals surface area (Å²) < 4.78 is 3.48. The molecule has 7 saturated heterocycles. The minimum Gasteiger partial charge on any atom is -0.340 e. The molecule has 9 rings (SSSR count). The number of nitrogens with zero attached hydrogens (tertiary/aromatic N) is 12. The number of nitrogens with one attached hydrogen (secondary N) is 1. The lowest BCUT2D eigenvalue weighted by molar-refractivity contribution is -0.142. The van der Waals surface area contributed by atoms with Crippen molar-refractivity contribution in [3.8, 4) is 0 Å². The van der Waals surface area contributed by atoms with Gasteiger partial charge in [-0.25, -0.2) is 9.59 Å². The van der Waals surface area contributed by atoms with Crippen molar-refractivity contribution < 1.29 is 33.6 Å². The van der Waals surface area contributed by atoms with E-state index in [4.69, 9.17) is 0 Å². The van der Waals surface area contributed by atoms with Crippen LogP contribution in [0.2, 0.25) is 0 Å². The fraction of sp³-hybridized carbons (Fsp3) is 0.830. The van der Waals surface area contributed by atoms with E-state index >= 15 is 0 Å². The molecule has 116 heavy (non-hydrogen) atoms. The quantitative estimate of drug-likeness (QED) is 0.156. The molecule has 680 valence electrons. The zero-order chi connectivity index (χ0) is 92.0. The summed E-state index contributed by atoms with van der Waals surface area (Å²) in [6.07, 6.45) is 10.9. The normalized spacial score (nSPS) is 19.0. The van der Waals surface area contributed by atoms with Crippen LogP contribution in [0, 0.1) is 41.4 Å². The summed E-state index contributed by atoms with van der Waals surface area (Å²) in [6, 6.07) is 7.83. The van der Waals surface area contributed by atoms with Crippen molar-refractivity contribution in [1.29, 1.82) is 0 Å². The van der Waals surface area contributed by atoms with E-state index in [1.54, 1.807) is 21.5 Å². The van der Waals surface area contributed by atoms with Crippen molar-refractivity contribution >= 4 is 41.6 Å². The molecule has 22 heteroatoms. The van der Waals surface area contributed by atoms with Crippen LogP contribution in [0.5, 0.6) is 0 Å². The third-order valence-corrected chi connectivity index (χ3v) is 20.7. The van der Waals surface area contributed by atoms with Crippen molar-refractivity contribution in [1.82, 2.24) is 63.8 Å². The van der Waals surface area contributed by atoms with Crippen LogP contribution < -0.4 is 16.5 Å². The number of amides is 9. The van der Waals surface area contributed by atoms with Crippen LogP contribution in [0.15, 0.2) is 40.3 Å². The van der Waals surface area contributed by atoms with Gasteiger partial charge < -0.3 is 43.4 Å². The maximum absolute atomic E-state index is 12.2. The van der Waals surface area contributed by atoms with Gasteiger partial charge in [0.2, 0.25) is 17.7 Å². The van der Waals surface area contributed by atoms with Crippen LogP contribution in [-0.4, -0.2) is 213 Å². The number of piperidine rings is 1. The molecule has 0 bridgehead atoms. The van der Waals surface area contributed by atoms with Gasteiger partial charge >= 0.3 is 12.1 Å². The highest BCUT2D eigenvalue weighted by atomic mass is 16.2. The van der Waals surface area contributed by atoms with E-state index in [2.05, 4.69) is 154 Å². The summed E-state index contributed by atoms with van der Waals surface area (Å²) >= 11 is 0. The lowest BCUT2D eigenvalue weighted by Gasteiger charge is -2.39. The van der Waals surface area contributed by atoms with Gasteiger partial charge in [0.25, 0.3) is 22.9 Å². The number of rotatable bonds is 16. The Bertz CT molecular complexity index is 2830. The number of carbonyl (C=O) groups excluding carboxylic acids is 7. The molecule has 2 aromatic heterocycles. The first-order valence-electron chi connectivity index (χ1n) is 45.9. The maximum atomic E-state index is 12.2. The average molecular weight is 1640 g/mol. The molecule has 9 heterocycles. The number of aromatic nitrogens is 3. The highest BCUT2D eigenvalue weighted by Crippen LogP contribution is 2.35. The second-order valence-electron chi connectivity index (χ2n) is 34.1. The molecule has 7 aliphatic rings. The third kappa shape index (κ3) is 37.5. The molecular formula is C94H185N13O9. The SMILES string of the molecule is CC.CC.CC.CC.CC.CC.CC(C)C1C(=O)NN(C(C)C)C1=O.CC(C)C1CCCN(C(C)C)C1=O.CC(C)C1CCN(C(C)C)C1=O.CC(C)N1CC2CCN(C(C)C)C2C1=O.CC(C)N1CCCN(C(C)C)C1=O.CC(C)N1CCN(C(C)C)C1=O.CC(C)c1cccn(C(C)C)c1=O.CC(C)c1nccn(C(C)C)c1=O. The molecule has 9 amide bonds. The summed E-state index contributed by atoms with van der Waals surface area (Å²) in [5.41, 5.74) is 4.31. The van der Waals surface area contributed by atoms with Gasteiger partial charge in [-0.3, -0.25) is 53.9 Å². The van der Waals surface area contributed by atoms with Crippen molar-refractivity contribution in [2.45, 2.75) is 421 Å². The third-order valence-electron chi connectivity index (χ3n) is 20.7. The number of hydrogen-bond acceptors (Lipinski definition) is 11. The molecule has 1 N–H and O–H groups in total. The van der Waals surface area contributed by atoms with Crippen LogP contribution in [-0.2, 0) is 24.0 Å². The summed E-state index contributed by atoms with van der Waals surface area (Å²) in [5, 5.41) is 1.41. The number of hydrogen-bond donors (Lipinski definition) is 1. The first kappa shape index (κ1) is 118. The van der Waals surface area contributed by atoms with Crippen LogP contribution in [0.4, 0.5) is 9.59 Å². The molecule has 0 radical (unpaired) electrons. The first-order chi connectivity index (χ1) is 54.2. The minimum atomic E-state index is -0.498. The Hall–Kier alpha value is -6.32. The minimum absolute atomic E-state index is 0.0280. The number of hydrazine groups is 1. The van der Waals surface area contributed by atoms with Gasteiger partial charge in [0.05, 0.1) is 6.04 Å². The summed E-state index contributed by atoms with van der Waals surface area (Å²) in [6.45, 7) is 97.2. The zero-order valence-electron chi connectivity index (χ0n) is 83.2. The van der Waals surface area contributed by atoms with Crippen molar-refractivity contribution in [3.63, 3.8) is 0 Å². The molecule has 7 fully saturated rings. The summed E-state index contributed by atoms with van der Waals surface area (Å²) in [4.78, 5) is 126. The van der Waals surface area contributed by atoms with Gasteiger partial charge in [0, 0.05) is 160 Å². The molecule has 22 nitrogen and oxygen atoms in total. The highest BCUT2D eigenvalue weighted by molar-refractivity contribution is 6.05. The Morgan fingerprint density at radius 2 is 0.724 bits per heavy atom. The predicted octanol–water partition coefficient (Wildman–Crippen LogP) is 20.2. The van der Waals surface area contributed by atoms with E-state index in [0.29, 0.717) is 95.4 Å². The standard InChI is InChI=1S/C12H22N2O.C11H21NO.C11H17NO.C10H20N2O.C10H16N2O.C10H19NO.C9H16N2O2.C9H18N2O.6C2H6/c1-8(2)13-6-5-10-7-14(9(3)4)12(15)11(10)13;2*1-8(2)10-6-5-7-12(9(3)4)11(10)13;1-8(2)11-6-5-7-12(9(3)4)10(11)13;1-7(2)9-10(13)12(8(3)4)6-5-11-9;1-7(2)9-5-6-11(8(3)4)10(9)12;1-5(2)7-8(12)10-11(6(3)4)9(7)13;1-7(2)10-5-6-11(8(3)4)9(10)12;6*1-2/h8-11H,5-7H2,1-4H3;8-10H,5-7H2,1-4H3;5-9H,1-4H3;8-9H,5-7H2,1-4H3;5-8H,1-4H3;7-9H,5-6H2,1-4H3;5-7H,1-4H3,(H,10,12);7-8H,5-6H2,1-4H3;6*1-2H3. The van der Waals surface area contributed by atoms with Crippen molar-refractivity contribution in [2.75, 3.05) is 52.4 Å². The van der Waals surface area contributed by atoms with Crippen LogP contribution in [0.25, 0.3) is 0 Å². The van der Waals surface area contributed by atoms with Gasteiger partial charge in [-0.2, -0.15) is 0 Å². The Morgan fingerprint density at radius 1 is 0.345 bits per heavy atom. The van der Waals surface area contributed by atoms with E-state index in [1.165, 1.54) is 17.9 Å². The fourth-order valence-corrected chi connectivity index (χ4v) is 14.2. The monoisotopic (exact) mass is 1640 g/mol. The number of pyridine rings is 1. The molecule has 0 aromatic carbocycles. The number of fused-ring (bicyclic) bond motifs is 1. The molecular weight excluding hydrogens is 1460 g/mol. The fourth-order valence-electron chi connectivity index (χ4n) is 14.2. The smallest absolute Gasteiger partial charge is 0.320 e. The maximum Gasteiger partial charge on any atom is 0.320 e. The number of urea groups is 2. The van der Waals surface area contributed by atoms with Crippen molar-refractivity contribution in [2.24, 2.45) is 41.4 Å². The van der Waals surface area contributed by atoms with Gasteiger partial charge in [-0.15, -0.1) is 0 Å². The lowest BCUT2D eigenvalue weighted by Crippen LogP contribution is -2.53. The first-order valence-corrected chi connectivity index (χ1v) is 45.9. The molecule has 2 aromatic rings. The van der Waals surface area contributed by atoms with E-state index in [9.17, 15) is 43.2 Å². The largest absolute Gasteiger partial charge is 0.340 e. The Balaban J connectivity index is -0.000000397. The van der Waals surface area contributed by atoms with Gasteiger partial charge in [-0.05, 0) is 221 Å². The second kappa shape index (κ2) is 61.9. The van der Waals surface area contributed by atoms with Gasteiger partial charge in [-0.1, -0.05) is 158 Å². The molecule has 5 unspecified atom stereocenters. The molecule has 0 aliphatic carbocycles. The Labute approximate surface area is 712 Å².